The van der Waals surface area contributed by atoms with Crippen molar-refractivity contribution in [2.75, 3.05) is 26.7 Å². The summed E-state index contributed by atoms with van der Waals surface area (Å²) in [6.45, 7) is 6.67. The van der Waals surface area contributed by atoms with Gasteiger partial charge in [-0.3, -0.25) is 4.68 Å². The van der Waals surface area contributed by atoms with Gasteiger partial charge in [0.25, 0.3) is 0 Å². The second kappa shape index (κ2) is 4.42. The van der Waals surface area contributed by atoms with Gasteiger partial charge in [-0.05, 0) is 39.9 Å². The molecule has 1 aromatic heterocycles. The maximum absolute atomic E-state index is 4.80. The third kappa shape index (κ3) is 2.00. The van der Waals surface area contributed by atoms with Crippen LogP contribution in [-0.4, -0.2) is 41.4 Å². The summed E-state index contributed by atoms with van der Waals surface area (Å²) >= 11 is 0. The van der Waals surface area contributed by atoms with Crippen LogP contribution in [0.2, 0.25) is 0 Å². The molecule has 0 aliphatic carbocycles. The Hall–Kier alpha value is -0.870. The quantitative estimate of drug-likeness (QED) is 0.790. The molecular weight excluding hydrogens is 212 g/mol. The first-order chi connectivity index (χ1) is 8.25. The highest BCUT2D eigenvalue weighted by molar-refractivity contribution is 5.28. The first-order valence-corrected chi connectivity index (χ1v) is 6.72. The Morgan fingerprint density at radius 1 is 1.29 bits per heavy atom. The van der Waals surface area contributed by atoms with Gasteiger partial charge in [0.05, 0.1) is 11.7 Å². The molecule has 1 saturated heterocycles. The van der Waals surface area contributed by atoms with E-state index in [2.05, 4.69) is 28.9 Å². The zero-order chi connectivity index (χ0) is 11.8. The molecule has 0 aromatic carbocycles. The van der Waals surface area contributed by atoms with Crippen molar-refractivity contribution in [1.82, 2.24) is 20.0 Å². The van der Waals surface area contributed by atoms with Crippen LogP contribution in [0.1, 0.15) is 35.8 Å². The molecule has 1 fully saturated rings. The molecule has 3 heterocycles. The minimum Gasteiger partial charge on any atom is -0.312 e. The number of hydrogen-bond acceptors (Lipinski definition) is 3. The van der Waals surface area contributed by atoms with Gasteiger partial charge in [-0.25, -0.2) is 0 Å². The molecule has 0 spiro atoms. The molecular formula is C13H22N4. The normalized spacial score (nSPS) is 22.7. The maximum Gasteiger partial charge on any atom is 0.0641 e. The zero-order valence-electron chi connectivity index (χ0n) is 10.9. The predicted octanol–water partition coefficient (Wildman–Crippen LogP) is 1.10. The van der Waals surface area contributed by atoms with E-state index in [1.165, 1.54) is 42.9 Å². The second-order valence-corrected chi connectivity index (χ2v) is 5.42. The maximum atomic E-state index is 4.80. The Morgan fingerprint density at radius 2 is 2.06 bits per heavy atom. The molecule has 1 aromatic rings. The molecule has 0 unspecified atom stereocenters. The van der Waals surface area contributed by atoms with Crippen LogP contribution in [0.5, 0.6) is 0 Å². The largest absolute Gasteiger partial charge is 0.312 e. The predicted molar refractivity (Wildman–Crippen MR) is 68.1 cm³/mol. The van der Waals surface area contributed by atoms with Crippen LogP contribution < -0.4 is 5.32 Å². The molecule has 4 nitrogen and oxygen atoms in total. The lowest BCUT2D eigenvalue weighted by atomic mass is 10.0. The van der Waals surface area contributed by atoms with E-state index < -0.39 is 0 Å². The number of nitrogens with one attached hydrogen (secondary N) is 1. The average molecular weight is 234 g/mol. The number of likely N-dealkylation sites (tertiary alicyclic amines) is 1. The molecule has 0 bridgehead atoms. The number of aromatic nitrogens is 2. The third-order valence-corrected chi connectivity index (χ3v) is 4.19. The van der Waals surface area contributed by atoms with Crippen LogP contribution in [0.25, 0.3) is 0 Å². The Labute approximate surface area is 103 Å². The minimum absolute atomic E-state index is 0.631. The zero-order valence-corrected chi connectivity index (χ0v) is 10.9. The average Bonchev–Trinajstić information content (AvgIpc) is 2.69. The molecule has 2 aliphatic rings. The molecule has 0 radical (unpaired) electrons. The van der Waals surface area contributed by atoms with Gasteiger partial charge in [-0.2, -0.15) is 5.10 Å². The lowest BCUT2D eigenvalue weighted by Crippen LogP contribution is -2.33. The lowest BCUT2D eigenvalue weighted by molar-refractivity contribution is 0.209. The van der Waals surface area contributed by atoms with Gasteiger partial charge in [0.15, 0.2) is 0 Å². The molecule has 0 amide bonds. The first kappa shape index (κ1) is 11.2. The highest BCUT2D eigenvalue weighted by Gasteiger charge is 2.25. The van der Waals surface area contributed by atoms with Crippen LogP contribution in [0, 0.1) is 6.92 Å². The summed E-state index contributed by atoms with van der Waals surface area (Å²) in [6.07, 6.45) is 3.64. The van der Waals surface area contributed by atoms with Crippen molar-refractivity contribution in [2.45, 2.75) is 38.8 Å². The fourth-order valence-electron chi connectivity index (χ4n) is 3.09. The van der Waals surface area contributed by atoms with Crippen LogP contribution in [-0.2, 0) is 13.0 Å². The molecule has 1 N–H and O–H groups in total. The SMILES string of the molecule is Cc1nn(C2CCN(C)CC2)c2c1CNCC2. The van der Waals surface area contributed by atoms with Gasteiger partial charge in [0.1, 0.15) is 0 Å². The fraction of sp³-hybridized carbons (Fsp3) is 0.769. The second-order valence-electron chi connectivity index (χ2n) is 5.42. The minimum atomic E-state index is 0.631. The van der Waals surface area contributed by atoms with Crippen LogP contribution >= 0.6 is 0 Å². The van der Waals surface area contributed by atoms with E-state index in [0.717, 1.165) is 19.5 Å². The summed E-state index contributed by atoms with van der Waals surface area (Å²) < 4.78 is 2.35. The van der Waals surface area contributed by atoms with Crippen LogP contribution in [0.4, 0.5) is 0 Å². The van der Waals surface area contributed by atoms with E-state index >= 15 is 0 Å². The molecule has 2 aliphatic heterocycles. The summed E-state index contributed by atoms with van der Waals surface area (Å²) in [6, 6.07) is 0.631. The van der Waals surface area contributed by atoms with Crippen molar-refractivity contribution in [3.05, 3.63) is 17.0 Å². The van der Waals surface area contributed by atoms with Crippen molar-refractivity contribution in [3.8, 4) is 0 Å². The smallest absolute Gasteiger partial charge is 0.0641 e. The van der Waals surface area contributed by atoms with Gasteiger partial charge in [-0.15, -0.1) is 0 Å². The highest BCUT2D eigenvalue weighted by Crippen LogP contribution is 2.27. The van der Waals surface area contributed by atoms with E-state index in [0.29, 0.717) is 6.04 Å². The number of fused-ring (bicyclic) bond motifs is 1. The summed E-state index contributed by atoms with van der Waals surface area (Å²) in [5.41, 5.74) is 4.18. The standard InChI is InChI=1S/C13H22N4/c1-10-12-9-14-6-3-13(12)17(15-10)11-4-7-16(2)8-5-11/h11,14H,3-9H2,1-2H3. The summed E-state index contributed by atoms with van der Waals surface area (Å²) in [7, 11) is 2.21. The van der Waals surface area contributed by atoms with Crippen molar-refractivity contribution >= 4 is 0 Å². The molecule has 17 heavy (non-hydrogen) atoms. The Morgan fingerprint density at radius 3 is 2.82 bits per heavy atom. The van der Waals surface area contributed by atoms with E-state index in [-0.39, 0.29) is 0 Å². The number of aryl methyl sites for hydroxylation is 1. The van der Waals surface area contributed by atoms with E-state index in [4.69, 9.17) is 5.10 Å². The van der Waals surface area contributed by atoms with Crippen LogP contribution in [0.3, 0.4) is 0 Å². The first-order valence-electron chi connectivity index (χ1n) is 6.72. The summed E-state index contributed by atoms with van der Waals surface area (Å²) in [4.78, 5) is 2.42. The number of nitrogens with zero attached hydrogens (tertiary/aromatic N) is 3. The topological polar surface area (TPSA) is 33.1 Å². The van der Waals surface area contributed by atoms with Crippen molar-refractivity contribution in [3.63, 3.8) is 0 Å². The molecule has 3 rings (SSSR count). The van der Waals surface area contributed by atoms with Gasteiger partial charge >= 0.3 is 0 Å². The van der Waals surface area contributed by atoms with Crippen molar-refractivity contribution < 1.29 is 0 Å². The van der Waals surface area contributed by atoms with Gasteiger partial charge in [0.2, 0.25) is 0 Å². The molecule has 0 atom stereocenters. The van der Waals surface area contributed by atoms with Crippen LogP contribution in [0.15, 0.2) is 0 Å². The molecule has 4 heteroatoms. The summed E-state index contributed by atoms with van der Waals surface area (Å²) in [5.74, 6) is 0. The van der Waals surface area contributed by atoms with E-state index in [1.54, 1.807) is 0 Å². The monoisotopic (exact) mass is 234 g/mol. The van der Waals surface area contributed by atoms with Gasteiger partial charge in [0, 0.05) is 30.8 Å². The number of rotatable bonds is 1. The Bertz CT molecular complexity index is 402. The highest BCUT2D eigenvalue weighted by atomic mass is 15.3. The summed E-state index contributed by atoms with van der Waals surface area (Å²) in [5, 5.41) is 8.24. The Kier molecular flexibility index (Phi) is 2.92. The van der Waals surface area contributed by atoms with Crippen molar-refractivity contribution in [1.29, 1.82) is 0 Å². The number of hydrogen-bond donors (Lipinski definition) is 1. The van der Waals surface area contributed by atoms with Crippen molar-refractivity contribution in [2.24, 2.45) is 0 Å². The van der Waals surface area contributed by atoms with E-state index in [9.17, 15) is 0 Å². The third-order valence-electron chi connectivity index (χ3n) is 4.19. The molecule has 0 saturated carbocycles. The molecule has 94 valence electrons. The lowest BCUT2D eigenvalue weighted by Gasteiger charge is -2.30. The Balaban J connectivity index is 1.87. The fourth-order valence-corrected chi connectivity index (χ4v) is 3.09. The van der Waals surface area contributed by atoms with Gasteiger partial charge < -0.3 is 10.2 Å². The number of piperidine rings is 1. The van der Waals surface area contributed by atoms with Gasteiger partial charge in [-0.1, -0.05) is 0 Å². The van der Waals surface area contributed by atoms with E-state index in [1.807, 2.05) is 0 Å².